The van der Waals surface area contributed by atoms with Gasteiger partial charge in [0.2, 0.25) is 0 Å². The summed E-state index contributed by atoms with van der Waals surface area (Å²) in [6.45, 7) is 0.718. The van der Waals surface area contributed by atoms with Gasteiger partial charge in [-0.1, -0.05) is 17.8 Å². The molecule has 0 unspecified atom stereocenters. The van der Waals surface area contributed by atoms with E-state index in [1.807, 2.05) is 6.07 Å². The molecule has 4 rings (SSSR count). The maximum atomic E-state index is 14.7. The van der Waals surface area contributed by atoms with Crippen molar-refractivity contribution in [2.24, 2.45) is 16.6 Å². The SMILES string of the molecule is N#Cc1ccc(/C(F)=C/c2ccc(F)c([C@@]34COC[C@@H]3CSC(N)=N4)c2)nc1. The summed E-state index contributed by atoms with van der Waals surface area (Å²) in [7, 11) is 0. The van der Waals surface area contributed by atoms with Crippen LogP contribution in [0.25, 0.3) is 11.9 Å². The lowest BCUT2D eigenvalue weighted by Crippen LogP contribution is -2.40. The molecule has 0 amide bonds. The number of halogens is 2. The highest BCUT2D eigenvalue weighted by Gasteiger charge is 2.49. The minimum atomic E-state index is -0.883. The number of aliphatic imine (C=N–C) groups is 1. The fraction of sp³-hybridized carbons (Fsp3) is 0.250. The number of nitrogens with two attached hydrogens (primary N) is 1. The number of amidine groups is 1. The van der Waals surface area contributed by atoms with Gasteiger partial charge in [-0.25, -0.2) is 13.8 Å². The molecule has 1 saturated heterocycles. The summed E-state index contributed by atoms with van der Waals surface area (Å²) < 4.78 is 34.9. The molecule has 2 atom stereocenters. The van der Waals surface area contributed by atoms with Crippen LogP contribution >= 0.6 is 11.8 Å². The summed E-state index contributed by atoms with van der Waals surface area (Å²) >= 11 is 1.43. The van der Waals surface area contributed by atoms with E-state index in [-0.39, 0.29) is 18.2 Å². The van der Waals surface area contributed by atoms with E-state index in [0.717, 1.165) is 0 Å². The number of rotatable bonds is 3. The van der Waals surface area contributed by atoms with Crippen molar-refractivity contribution >= 4 is 28.8 Å². The number of fused-ring (bicyclic) bond motifs is 1. The molecule has 1 aromatic carbocycles. The van der Waals surface area contributed by atoms with Gasteiger partial charge >= 0.3 is 0 Å². The molecule has 1 fully saturated rings. The summed E-state index contributed by atoms with van der Waals surface area (Å²) in [6, 6.07) is 9.24. The highest BCUT2D eigenvalue weighted by Crippen LogP contribution is 2.45. The Balaban J connectivity index is 1.73. The third-order valence-corrected chi connectivity index (χ3v) is 5.90. The van der Waals surface area contributed by atoms with E-state index < -0.39 is 17.2 Å². The molecule has 0 spiro atoms. The fourth-order valence-electron chi connectivity index (χ4n) is 3.48. The van der Waals surface area contributed by atoms with Gasteiger partial charge in [-0.05, 0) is 35.9 Å². The Hall–Kier alpha value is -2.76. The summed E-state index contributed by atoms with van der Waals surface area (Å²) in [5.74, 6) is -0.309. The van der Waals surface area contributed by atoms with E-state index in [2.05, 4.69) is 9.98 Å². The molecule has 0 aliphatic carbocycles. The van der Waals surface area contributed by atoms with Gasteiger partial charge in [-0.2, -0.15) is 5.26 Å². The smallest absolute Gasteiger partial charge is 0.154 e. The first kappa shape index (κ1) is 18.6. The second-order valence-electron chi connectivity index (χ2n) is 6.67. The van der Waals surface area contributed by atoms with Crippen molar-refractivity contribution in [2.75, 3.05) is 19.0 Å². The molecule has 2 aliphatic heterocycles. The largest absolute Gasteiger partial charge is 0.379 e. The Morgan fingerprint density at radius 2 is 2.25 bits per heavy atom. The van der Waals surface area contributed by atoms with Crippen molar-refractivity contribution in [3.05, 3.63) is 64.7 Å². The third-order valence-electron chi connectivity index (χ3n) is 4.95. The molecule has 1 aromatic heterocycles. The topological polar surface area (TPSA) is 84.3 Å². The normalized spacial score (nSPS) is 24.4. The number of nitriles is 1. The number of pyridine rings is 1. The maximum Gasteiger partial charge on any atom is 0.154 e. The van der Waals surface area contributed by atoms with Crippen LogP contribution < -0.4 is 5.73 Å². The molecule has 0 saturated carbocycles. The highest BCUT2D eigenvalue weighted by molar-refractivity contribution is 8.13. The maximum absolute atomic E-state index is 14.7. The van der Waals surface area contributed by atoms with Gasteiger partial charge < -0.3 is 10.5 Å². The molecular weight excluding hydrogens is 382 g/mol. The van der Waals surface area contributed by atoms with Crippen LogP contribution in [0.5, 0.6) is 0 Å². The Labute approximate surface area is 164 Å². The monoisotopic (exact) mass is 398 g/mol. The Kier molecular flexibility index (Phi) is 4.87. The minimum absolute atomic E-state index is 0.00330. The van der Waals surface area contributed by atoms with Crippen molar-refractivity contribution in [3.63, 3.8) is 0 Å². The number of aromatic nitrogens is 1. The van der Waals surface area contributed by atoms with E-state index in [1.54, 1.807) is 6.07 Å². The van der Waals surface area contributed by atoms with Crippen LogP contribution in [0.3, 0.4) is 0 Å². The van der Waals surface area contributed by atoms with Crippen molar-refractivity contribution in [1.29, 1.82) is 5.26 Å². The molecule has 0 bridgehead atoms. The molecular formula is C20H16F2N4OS. The molecule has 3 heterocycles. The van der Waals surface area contributed by atoms with Gasteiger partial charge in [0.1, 0.15) is 23.3 Å². The van der Waals surface area contributed by atoms with Crippen LogP contribution in [0.4, 0.5) is 8.78 Å². The lowest BCUT2D eigenvalue weighted by molar-refractivity contribution is 0.176. The van der Waals surface area contributed by atoms with Gasteiger partial charge in [-0.15, -0.1) is 0 Å². The molecule has 2 aromatic rings. The number of benzene rings is 1. The van der Waals surface area contributed by atoms with Gasteiger partial charge in [0.05, 0.1) is 24.5 Å². The first-order valence-electron chi connectivity index (χ1n) is 8.61. The van der Waals surface area contributed by atoms with Crippen LogP contribution in [0.2, 0.25) is 0 Å². The molecule has 0 radical (unpaired) electrons. The summed E-state index contributed by atoms with van der Waals surface area (Å²) in [4.78, 5) is 8.48. The molecule has 8 heteroatoms. The van der Waals surface area contributed by atoms with E-state index >= 15 is 0 Å². The van der Waals surface area contributed by atoms with Crippen LogP contribution in [0.15, 0.2) is 41.5 Å². The predicted octanol–water partition coefficient (Wildman–Crippen LogP) is 3.46. The first-order chi connectivity index (χ1) is 13.5. The van der Waals surface area contributed by atoms with Gasteiger partial charge in [0.25, 0.3) is 0 Å². The quantitative estimate of drug-likeness (QED) is 0.856. The number of ether oxygens (including phenoxy) is 1. The average Bonchev–Trinajstić information content (AvgIpc) is 3.13. The average molecular weight is 398 g/mol. The van der Waals surface area contributed by atoms with E-state index in [0.29, 0.717) is 34.2 Å². The van der Waals surface area contributed by atoms with Gasteiger partial charge in [-0.3, -0.25) is 4.98 Å². The molecule has 2 aliphatic rings. The molecule has 28 heavy (non-hydrogen) atoms. The van der Waals surface area contributed by atoms with Crippen molar-refractivity contribution in [1.82, 2.24) is 4.98 Å². The van der Waals surface area contributed by atoms with E-state index in [4.69, 9.17) is 15.7 Å². The summed E-state index contributed by atoms with van der Waals surface area (Å²) in [5, 5.41) is 9.21. The van der Waals surface area contributed by atoms with Crippen LogP contribution in [-0.4, -0.2) is 29.1 Å². The van der Waals surface area contributed by atoms with E-state index in [9.17, 15) is 8.78 Å². The predicted molar refractivity (Wildman–Crippen MR) is 104 cm³/mol. The Morgan fingerprint density at radius 1 is 1.39 bits per heavy atom. The van der Waals surface area contributed by atoms with Crippen molar-refractivity contribution < 1.29 is 13.5 Å². The molecule has 5 nitrogen and oxygen atoms in total. The van der Waals surface area contributed by atoms with Crippen molar-refractivity contribution in [2.45, 2.75) is 5.54 Å². The highest BCUT2D eigenvalue weighted by atomic mass is 32.2. The first-order valence-corrected chi connectivity index (χ1v) is 9.60. The fourth-order valence-corrected chi connectivity index (χ4v) is 4.45. The van der Waals surface area contributed by atoms with Gasteiger partial charge in [0, 0.05) is 23.4 Å². The Morgan fingerprint density at radius 3 is 3.00 bits per heavy atom. The van der Waals surface area contributed by atoms with Crippen LogP contribution in [-0.2, 0) is 10.3 Å². The summed E-state index contributed by atoms with van der Waals surface area (Å²) in [6.07, 6.45) is 2.58. The number of hydrogen-bond donors (Lipinski definition) is 1. The van der Waals surface area contributed by atoms with Crippen molar-refractivity contribution in [3.8, 4) is 6.07 Å². The number of thioether (sulfide) groups is 1. The number of nitrogens with zero attached hydrogens (tertiary/aromatic N) is 3. The third kappa shape index (κ3) is 3.28. The van der Waals surface area contributed by atoms with Gasteiger partial charge in [0.15, 0.2) is 5.17 Å². The van der Waals surface area contributed by atoms with Crippen LogP contribution in [0.1, 0.15) is 22.4 Å². The van der Waals surface area contributed by atoms with E-state index in [1.165, 1.54) is 48.3 Å². The number of hydrogen-bond acceptors (Lipinski definition) is 6. The molecule has 2 N–H and O–H groups in total. The summed E-state index contributed by atoms with van der Waals surface area (Å²) in [5.41, 5.74) is 6.31. The second kappa shape index (κ2) is 7.34. The van der Waals surface area contributed by atoms with Crippen LogP contribution in [0, 0.1) is 23.1 Å². The zero-order valence-electron chi connectivity index (χ0n) is 14.7. The molecule has 142 valence electrons. The zero-order chi connectivity index (χ0) is 19.7. The lowest BCUT2D eigenvalue weighted by atomic mass is 9.81. The lowest BCUT2D eigenvalue weighted by Gasteiger charge is -2.34. The minimum Gasteiger partial charge on any atom is -0.379 e. The second-order valence-corrected chi connectivity index (χ2v) is 7.71. The Bertz CT molecular complexity index is 1020. The standard InChI is InChI=1S/C20H16F2N4OS/c21-16-3-1-12(6-17(22)18-4-2-13(7-23)8-25-18)5-15(16)20-11-27-9-14(20)10-28-19(24)26-20/h1-6,8,14H,9-11H2,(H2,24,26)/b17-6-/t14-,20-/m1/s1. The zero-order valence-corrected chi connectivity index (χ0v) is 15.5.